The number of hydrogen-bond acceptors (Lipinski definition) is 4. The van der Waals surface area contributed by atoms with Crippen LogP contribution in [-0.2, 0) is 17.8 Å². The topological polar surface area (TPSA) is 67.0 Å². The normalized spacial score (nSPS) is 15.3. The second-order valence-electron chi connectivity index (χ2n) is 5.70. The van der Waals surface area contributed by atoms with Crippen molar-refractivity contribution < 1.29 is 9.53 Å². The smallest absolute Gasteiger partial charge is 0.261 e. The van der Waals surface area contributed by atoms with Crippen molar-refractivity contribution in [2.75, 3.05) is 6.61 Å². The maximum atomic E-state index is 12.5. The maximum Gasteiger partial charge on any atom is 0.261 e. The molecule has 0 fully saturated rings. The molecular weight excluding hydrogens is 310 g/mol. The van der Waals surface area contributed by atoms with Crippen molar-refractivity contribution in [1.82, 2.24) is 15.3 Å². The van der Waals surface area contributed by atoms with Crippen LogP contribution >= 0.6 is 11.3 Å². The number of thiophene rings is 1. The van der Waals surface area contributed by atoms with Crippen LogP contribution in [0.15, 0.2) is 30.3 Å². The minimum absolute atomic E-state index is 0.0580. The third-order valence-corrected chi connectivity index (χ3v) is 5.25. The van der Waals surface area contributed by atoms with Gasteiger partial charge in [0.2, 0.25) is 0 Å². The van der Waals surface area contributed by atoms with Gasteiger partial charge in [0, 0.05) is 11.3 Å². The first-order valence-electron chi connectivity index (χ1n) is 7.65. The zero-order valence-corrected chi connectivity index (χ0v) is 13.6. The van der Waals surface area contributed by atoms with Gasteiger partial charge in [-0.2, -0.15) is 0 Å². The fraction of sp³-hybridized carbons (Fsp3) is 0.294. The minimum atomic E-state index is -0.176. The highest BCUT2D eigenvalue weighted by Gasteiger charge is 2.20. The van der Waals surface area contributed by atoms with Crippen LogP contribution < -0.4 is 5.32 Å². The molecule has 5 nitrogen and oxygen atoms in total. The summed E-state index contributed by atoms with van der Waals surface area (Å²) in [4.78, 5) is 22.3. The number of H-pyrrole nitrogens is 1. The van der Waals surface area contributed by atoms with Crippen LogP contribution in [0, 0.1) is 0 Å². The molecule has 0 spiro atoms. The largest absolute Gasteiger partial charge is 0.376 e. The number of nitrogens with one attached hydrogen (secondary N) is 2. The lowest BCUT2D eigenvalue weighted by molar-refractivity contribution is 0.0942. The molecule has 0 unspecified atom stereocenters. The van der Waals surface area contributed by atoms with Crippen molar-refractivity contribution in [2.45, 2.75) is 26.0 Å². The zero-order chi connectivity index (χ0) is 15.8. The number of para-hydroxylation sites is 2. The summed E-state index contributed by atoms with van der Waals surface area (Å²) in [5, 5.41) is 3.02. The van der Waals surface area contributed by atoms with Crippen LogP contribution in [0.4, 0.5) is 0 Å². The Kier molecular flexibility index (Phi) is 3.63. The fourth-order valence-corrected chi connectivity index (χ4v) is 3.83. The fourth-order valence-electron chi connectivity index (χ4n) is 2.77. The predicted octanol–water partition coefficient (Wildman–Crippen LogP) is 3.19. The van der Waals surface area contributed by atoms with Crippen LogP contribution in [0.5, 0.6) is 0 Å². The molecule has 0 aliphatic carbocycles. The van der Waals surface area contributed by atoms with Gasteiger partial charge in [0.25, 0.3) is 5.91 Å². The van der Waals surface area contributed by atoms with E-state index in [9.17, 15) is 4.79 Å². The molecule has 2 N–H and O–H groups in total. The predicted molar refractivity (Wildman–Crippen MR) is 89.7 cm³/mol. The summed E-state index contributed by atoms with van der Waals surface area (Å²) >= 11 is 1.56. The number of ether oxygens (including phenoxy) is 1. The highest BCUT2D eigenvalue weighted by Crippen LogP contribution is 2.27. The molecular formula is C17H17N3O2S. The molecule has 0 saturated heterocycles. The third-order valence-electron chi connectivity index (χ3n) is 4.02. The number of fused-ring (bicyclic) bond motifs is 2. The van der Waals surface area contributed by atoms with E-state index in [4.69, 9.17) is 4.74 Å². The lowest BCUT2D eigenvalue weighted by atomic mass is 10.2. The Morgan fingerprint density at radius 3 is 3.13 bits per heavy atom. The molecule has 3 heterocycles. The van der Waals surface area contributed by atoms with E-state index in [0.29, 0.717) is 6.61 Å². The molecule has 0 radical (unpaired) electrons. The molecule has 1 atom stereocenters. The van der Waals surface area contributed by atoms with Crippen LogP contribution in [-0.4, -0.2) is 22.5 Å². The monoisotopic (exact) mass is 327 g/mol. The van der Waals surface area contributed by atoms with Gasteiger partial charge in [0.05, 0.1) is 35.2 Å². The van der Waals surface area contributed by atoms with E-state index >= 15 is 0 Å². The molecule has 4 rings (SSSR count). The van der Waals surface area contributed by atoms with E-state index in [0.717, 1.165) is 40.3 Å². The quantitative estimate of drug-likeness (QED) is 0.776. The number of rotatable bonds is 3. The number of aromatic nitrogens is 2. The van der Waals surface area contributed by atoms with Crippen LogP contribution in [0.25, 0.3) is 11.0 Å². The third kappa shape index (κ3) is 2.75. The van der Waals surface area contributed by atoms with Gasteiger partial charge < -0.3 is 15.0 Å². The summed E-state index contributed by atoms with van der Waals surface area (Å²) in [5.74, 6) is 0.710. The summed E-state index contributed by atoms with van der Waals surface area (Å²) in [5.41, 5.74) is 3.03. The Morgan fingerprint density at radius 2 is 2.30 bits per heavy atom. The van der Waals surface area contributed by atoms with E-state index in [1.807, 2.05) is 37.3 Å². The van der Waals surface area contributed by atoms with Crippen molar-refractivity contribution in [1.29, 1.82) is 0 Å². The SMILES string of the molecule is C[C@@H](NC(=O)c1cc2c(s1)CCOC2)c1nc2ccccc2[nH]1. The van der Waals surface area contributed by atoms with Crippen molar-refractivity contribution >= 4 is 28.3 Å². The Morgan fingerprint density at radius 1 is 1.43 bits per heavy atom. The molecule has 1 aliphatic rings. The molecule has 1 amide bonds. The molecule has 23 heavy (non-hydrogen) atoms. The minimum Gasteiger partial charge on any atom is -0.376 e. The standard InChI is InChI=1S/C17H17N3O2S/c1-10(16-19-12-4-2-3-5-13(12)20-16)18-17(21)15-8-11-9-22-7-6-14(11)23-15/h2-5,8,10H,6-7,9H2,1H3,(H,18,21)(H,19,20)/t10-/m1/s1. The van der Waals surface area contributed by atoms with Gasteiger partial charge in [-0.15, -0.1) is 11.3 Å². The molecule has 0 bridgehead atoms. The lowest BCUT2D eigenvalue weighted by Gasteiger charge is -2.10. The number of nitrogens with zero attached hydrogens (tertiary/aromatic N) is 1. The number of carbonyl (C=O) groups excluding carboxylic acids is 1. The molecule has 118 valence electrons. The number of hydrogen-bond donors (Lipinski definition) is 2. The average molecular weight is 327 g/mol. The van der Waals surface area contributed by atoms with Gasteiger partial charge >= 0.3 is 0 Å². The number of benzene rings is 1. The molecule has 3 aromatic rings. The average Bonchev–Trinajstić information content (AvgIpc) is 3.18. The zero-order valence-electron chi connectivity index (χ0n) is 12.8. The number of imidazole rings is 1. The van der Waals surface area contributed by atoms with E-state index in [1.165, 1.54) is 4.88 Å². The number of carbonyl (C=O) groups is 1. The Bertz CT molecular complexity index is 811. The van der Waals surface area contributed by atoms with Gasteiger partial charge in [0.15, 0.2) is 0 Å². The summed E-state index contributed by atoms with van der Waals surface area (Å²) in [7, 11) is 0. The van der Waals surface area contributed by atoms with Crippen LogP contribution in [0.1, 0.15) is 38.9 Å². The van der Waals surface area contributed by atoms with Gasteiger partial charge in [-0.05, 0) is 30.7 Å². The summed E-state index contributed by atoms with van der Waals surface area (Å²) in [6, 6.07) is 9.62. The number of amides is 1. The number of aromatic amines is 1. The Balaban J connectivity index is 1.52. The van der Waals surface area contributed by atoms with Gasteiger partial charge in [0.1, 0.15) is 5.82 Å². The summed E-state index contributed by atoms with van der Waals surface area (Å²) < 4.78 is 5.43. The van der Waals surface area contributed by atoms with Crippen molar-refractivity contribution in [3.05, 3.63) is 51.5 Å². The maximum absolute atomic E-state index is 12.5. The summed E-state index contributed by atoms with van der Waals surface area (Å²) in [6.07, 6.45) is 0.895. The highest BCUT2D eigenvalue weighted by molar-refractivity contribution is 7.14. The first kappa shape index (κ1) is 14.4. The Labute approximate surface area is 137 Å². The molecule has 1 aromatic carbocycles. The first-order chi connectivity index (χ1) is 11.2. The Hall–Kier alpha value is -2.18. The molecule has 2 aromatic heterocycles. The van der Waals surface area contributed by atoms with E-state index < -0.39 is 0 Å². The second kappa shape index (κ2) is 5.79. The van der Waals surface area contributed by atoms with E-state index in [1.54, 1.807) is 11.3 Å². The first-order valence-corrected chi connectivity index (χ1v) is 8.47. The second-order valence-corrected chi connectivity index (χ2v) is 6.83. The van der Waals surface area contributed by atoms with Gasteiger partial charge in [-0.25, -0.2) is 4.98 Å². The highest BCUT2D eigenvalue weighted by atomic mass is 32.1. The van der Waals surface area contributed by atoms with Gasteiger partial charge in [-0.3, -0.25) is 4.79 Å². The van der Waals surface area contributed by atoms with Crippen molar-refractivity contribution in [3.63, 3.8) is 0 Å². The summed E-state index contributed by atoms with van der Waals surface area (Å²) in [6.45, 7) is 3.29. The van der Waals surface area contributed by atoms with E-state index in [2.05, 4.69) is 15.3 Å². The molecule has 0 saturated carbocycles. The lowest BCUT2D eigenvalue weighted by Crippen LogP contribution is -2.26. The van der Waals surface area contributed by atoms with Crippen LogP contribution in [0.2, 0.25) is 0 Å². The van der Waals surface area contributed by atoms with Crippen LogP contribution in [0.3, 0.4) is 0 Å². The van der Waals surface area contributed by atoms with Gasteiger partial charge in [-0.1, -0.05) is 12.1 Å². The van der Waals surface area contributed by atoms with Crippen molar-refractivity contribution in [3.8, 4) is 0 Å². The van der Waals surface area contributed by atoms with E-state index in [-0.39, 0.29) is 11.9 Å². The molecule has 1 aliphatic heterocycles. The van der Waals surface area contributed by atoms with Crippen molar-refractivity contribution in [2.24, 2.45) is 0 Å². The molecule has 6 heteroatoms.